The first kappa shape index (κ1) is 10.2. The van der Waals surface area contributed by atoms with Crippen LogP contribution in [0, 0.1) is 3.57 Å². The van der Waals surface area contributed by atoms with Crippen LogP contribution >= 0.6 is 22.6 Å². The van der Waals surface area contributed by atoms with E-state index < -0.39 is 0 Å². The van der Waals surface area contributed by atoms with Gasteiger partial charge >= 0.3 is 0 Å². The number of anilines is 1. The Balaban J connectivity index is 2.64. The summed E-state index contributed by atoms with van der Waals surface area (Å²) in [6.45, 7) is 1.79. The van der Waals surface area contributed by atoms with E-state index in [0.29, 0.717) is 5.82 Å². The Morgan fingerprint density at radius 3 is 2.92 bits per heavy atom. The molecule has 0 fully saturated rings. The van der Waals surface area contributed by atoms with Gasteiger partial charge in [-0.25, -0.2) is 4.98 Å². The number of carbonyl (C=O) groups excluding carboxylic acids is 1. The van der Waals surface area contributed by atoms with Crippen molar-refractivity contribution in [1.29, 1.82) is 0 Å². The Hall–Kier alpha value is -0.910. The van der Waals surface area contributed by atoms with E-state index in [1.165, 1.54) is 6.08 Å². The zero-order valence-electron chi connectivity index (χ0n) is 7.12. The molecule has 13 heavy (non-hydrogen) atoms. The molecule has 0 unspecified atom stereocenters. The minimum Gasteiger partial charge on any atom is -0.307 e. The van der Waals surface area contributed by atoms with Crippen LogP contribution in [-0.2, 0) is 4.79 Å². The van der Waals surface area contributed by atoms with Crippen molar-refractivity contribution >= 4 is 34.3 Å². The number of carbonyl (C=O) groups is 1. The molecule has 3 nitrogen and oxygen atoms in total. The minimum atomic E-state index is -0.156. The second-order valence-electron chi connectivity index (χ2n) is 2.35. The van der Waals surface area contributed by atoms with Gasteiger partial charge in [0, 0.05) is 9.77 Å². The summed E-state index contributed by atoms with van der Waals surface area (Å²) in [6.07, 6.45) is 4.84. The van der Waals surface area contributed by atoms with Crippen molar-refractivity contribution in [2.24, 2.45) is 0 Å². The molecule has 1 aromatic heterocycles. The number of nitrogens with zero attached hydrogens (tertiary/aromatic N) is 1. The van der Waals surface area contributed by atoms with Crippen molar-refractivity contribution in [2.75, 3.05) is 5.32 Å². The number of halogens is 1. The van der Waals surface area contributed by atoms with Crippen molar-refractivity contribution in [3.8, 4) is 0 Å². The largest absolute Gasteiger partial charge is 0.307 e. The summed E-state index contributed by atoms with van der Waals surface area (Å²) in [7, 11) is 0. The van der Waals surface area contributed by atoms with E-state index >= 15 is 0 Å². The van der Waals surface area contributed by atoms with Crippen molar-refractivity contribution < 1.29 is 4.79 Å². The van der Waals surface area contributed by atoms with E-state index in [2.05, 4.69) is 32.9 Å². The molecule has 0 spiro atoms. The summed E-state index contributed by atoms with van der Waals surface area (Å²) in [6, 6.07) is 3.65. The highest BCUT2D eigenvalue weighted by molar-refractivity contribution is 14.1. The highest BCUT2D eigenvalue weighted by Gasteiger charge is 1.97. The van der Waals surface area contributed by atoms with E-state index in [1.807, 2.05) is 6.07 Å². The van der Waals surface area contributed by atoms with Crippen LogP contribution in [0.25, 0.3) is 0 Å². The molecule has 0 atom stereocenters. The zero-order valence-corrected chi connectivity index (χ0v) is 9.28. The molecule has 68 valence electrons. The van der Waals surface area contributed by atoms with Gasteiger partial charge in [0.25, 0.3) is 0 Å². The fraction of sp³-hybridized carbons (Fsp3) is 0.111. The molecule has 0 aliphatic rings. The molecule has 0 saturated heterocycles. The number of rotatable bonds is 2. The third-order valence-electron chi connectivity index (χ3n) is 1.30. The van der Waals surface area contributed by atoms with Gasteiger partial charge in [-0.2, -0.15) is 0 Å². The van der Waals surface area contributed by atoms with Crippen LogP contribution in [-0.4, -0.2) is 10.9 Å². The van der Waals surface area contributed by atoms with Gasteiger partial charge in [-0.05, 0) is 47.7 Å². The summed E-state index contributed by atoms with van der Waals surface area (Å²) in [5.41, 5.74) is 0. The Bertz CT molecular complexity index is 319. The summed E-state index contributed by atoms with van der Waals surface area (Å²) in [4.78, 5) is 15.1. The van der Waals surface area contributed by atoms with Gasteiger partial charge in [-0.1, -0.05) is 6.08 Å². The number of allylic oxidation sites excluding steroid dienone is 1. The molecule has 0 bridgehead atoms. The third-order valence-corrected chi connectivity index (χ3v) is 1.93. The quantitative estimate of drug-likeness (QED) is 0.669. The first-order valence-electron chi connectivity index (χ1n) is 3.77. The van der Waals surface area contributed by atoms with Crippen molar-refractivity contribution in [3.63, 3.8) is 0 Å². The second-order valence-corrected chi connectivity index (χ2v) is 3.60. The fourth-order valence-corrected chi connectivity index (χ4v) is 1.09. The van der Waals surface area contributed by atoms with Gasteiger partial charge in [0.05, 0.1) is 0 Å². The van der Waals surface area contributed by atoms with Crippen LogP contribution in [0.15, 0.2) is 30.5 Å². The maximum absolute atomic E-state index is 11.1. The molecule has 0 radical (unpaired) electrons. The van der Waals surface area contributed by atoms with Gasteiger partial charge in [-0.15, -0.1) is 0 Å². The van der Waals surface area contributed by atoms with Crippen molar-refractivity contribution in [2.45, 2.75) is 6.92 Å². The minimum absolute atomic E-state index is 0.156. The average molecular weight is 288 g/mol. The van der Waals surface area contributed by atoms with Crippen LogP contribution in [0.4, 0.5) is 5.82 Å². The molecule has 1 heterocycles. The molecule has 0 aliphatic heterocycles. The lowest BCUT2D eigenvalue weighted by Crippen LogP contribution is -2.08. The molecule has 4 heteroatoms. The predicted molar refractivity (Wildman–Crippen MR) is 60.4 cm³/mol. The maximum atomic E-state index is 11.1. The van der Waals surface area contributed by atoms with Crippen LogP contribution in [0.2, 0.25) is 0 Å². The Morgan fingerprint density at radius 2 is 2.38 bits per heavy atom. The molecular formula is C9H9IN2O. The van der Waals surface area contributed by atoms with Gasteiger partial charge in [-0.3, -0.25) is 4.79 Å². The first-order chi connectivity index (χ1) is 6.22. The van der Waals surface area contributed by atoms with Gasteiger partial charge in [0.2, 0.25) is 5.91 Å². The first-order valence-corrected chi connectivity index (χ1v) is 4.85. The number of nitrogens with one attached hydrogen (secondary N) is 1. The van der Waals surface area contributed by atoms with Crippen LogP contribution in [0.5, 0.6) is 0 Å². The number of hydrogen-bond acceptors (Lipinski definition) is 2. The lowest BCUT2D eigenvalue weighted by Gasteiger charge is -1.99. The van der Waals surface area contributed by atoms with Crippen molar-refractivity contribution in [3.05, 3.63) is 34.1 Å². The highest BCUT2D eigenvalue weighted by Crippen LogP contribution is 2.06. The molecule has 1 N–H and O–H groups in total. The van der Waals surface area contributed by atoms with E-state index in [4.69, 9.17) is 0 Å². The fourth-order valence-electron chi connectivity index (χ4n) is 0.769. The number of aromatic nitrogens is 1. The normalized spacial score (nSPS) is 10.3. The molecule has 0 aliphatic carbocycles. The van der Waals surface area contributed by atoms with E-state index in [1.54, 1.807) is 25.3 Å². The van der Waals surface area contributed by atoms with E-state index in [9.17, 15) is 4.79 Å². The molecular weight excluding hydrogens is 279 g/mol. The Morgan fingerprint density at radius 1 is 1.62 bits per heavy atom. The predicted octanol–water partition coefficient (Wildman–Crippen LogP) is 2.20. The van der Waals surface area contributed by atoms with Crippen molar-refractivity contribution in [1.82, 2.24) is 4.98 Å². The molecule has 1 aromatic rings. The third kappa shape index (κ3) is 3.54. The van der Waals surface area contributed by atoms with Crippen LogP contribution in [0.1, 0.15) is 6.92 Å². The number of hydrogen-bond donors (Lipinski definition) is 1. The highest BCUT2D eigenvalue weighted by atomic mass is 127. The number of amides is 1. The molecule has 0 saturated carbocycles. The number of pyridine rings is 1. The lowest BCUT2D eigenvalue weighted by atomic mass is 10.4. The van der Waals surface area contributed by atoms with Gasteiger partial charge < -0.3 is 5.32 Å². The standard InChI is InChI=1S/C9H9IN2O/c1-2-3-9(13)12-8-5-4-7(10)6-11-8/h2-6H,1H3,(H,11,12,13). The smallest absolute Gasteiger partial charge is 0.249 e. The van der Waals surface area contributed by atoms with Gasteiger partial charge in [0.1, 0.15) is 5.82 Å². The Kier molecular flexibility index (Phi) is 3.88. The summed E-state index contributed by atoms with van der Waals surface area (Å²) in [5, 5.41) is 2.63. The Labute approximate surface area is 90.4 Å². The summed E-state index contributed by atoms with van der Waals surface area (Å²) < 4.78 is 1.04. The maximum Gasteiger partial charge on any atom is 0.249 e. The monoisotopic (exact) mass is 288 g/mol. The van der Waals surface area contributed by atoms with Crippen LogP contribution in [0.3, 0.4) is 0 Å². The lowest BCUT2D eigenvalue weighted by molar-refractivity contribution is -0.111. The molecule has 1 amide bonds. The molecule has 0 aromatic carbocycles. The van der Waals surface area contributed by atoms with E-state index in [0.717, 1.165) is 3.57 Å². The van der Waals surface area contributed by atoms with Crippen LogP contribution < -0.4 is 5.32 Å². The molecule has 1 rings (SSSR count). The van der Waals surface area contributed by atoms with Gasteiger partial charge in [0.15, 0.2) is 0 Å². The summed E-state index contributed by atoms with van der Waals surface area (Å²) >= 11 is 2.16. The zero-order chi connectivity index (χ0) is 9.68. The summed E-state index contributed by atoms with van der Waals surface area (Å²) in [5.74, 6) is 0.416. The second kappa shape index (κ2) is 4.96. The van der Waals surface area contributed by atoms with E-state index in [-0.39, 0.29) is 5.91 Å². The SMILES string of the molecule is CC=CC(=O)Nc1ccc(I)cn1. The topological polar surface area (TPSA) is 42.0 Å². The average Bonchev–Trinajstić information content (AvgIpc) is 2.09.